The lowest BCUT2D eigenvalue weighted by molar-refractivity contribution is -0.128. The molecule has 3 aromatic rings. The molecule has 0 spiro atoms. The van der Waals surface area contributed by atoms with Crippen molar-refractivity contribution in [3.8, 4) is 11.4 Å². The number of carbonyl (C=O) groups excluding carboxylic acids is 2. The molecule has 2 aromatic heterocycles. The highest BCUT2D eigenvalue weighted by Crippen LogP contribution is 2.64. The van der Waals surface area contributed by atoms with E-state index < -0.39 is 0 Å². The quantitative estimate of drug-likeness (QED) is 0.393. The van der Waals surface area contributed by atoms with Crippen LogP contribution in [0, 0.1) is 35.0 Å². The van der Waals surface area contributed by atoms with Gasteiger partial charge < -0.3 is 15.6 Å². The minimum Gasteiger partial charge on any atom is -0.337 e. The average molecular weight is 498 g/mol. The first-order valence-corrected chi connectivity index (χ1v) is 14.0. The van der Waals surface area contributed by atoms with E-state index in [-0.39, 0.29) is 23.1 Å². The standard InChI is InChI=1S/C30H35N5O2/c1-17-2-4-20(5-3-17)28(36)32-23-8-6-19(7-9-23)27-33-24-12-26(31-16-25(24)34-27)35-29(37)30-13-18-10-21(14-30)22(11-18)15-30/h6-9,12,16-18,20-22H,2-5,10-11,13-15H2,1H3,(H,32,36)(H,33,34)(H,31,35,37). The molecule has 1 aromatic carbocycles. The third-order valence-electron chi connectivity index (χ3n) is 9.83. The number of imidazole rings is 1. The van der Waals surface area contributed by atoms with Crippen LogP contribution in [0.3, 0.4) is 0 Å². The fourth-order valence-electron chi connectivity index (χ4n) is 7.93. The SMILES string of the molecule is CC1CCC(C(=O)Nc2ccc(-c3nc4cc(NC(=O)C56CC7CC(C5)C(C7)C6)ncc4[nH]3)cc2)CC1. The minimum absolute atomic E-state index is 0.118. The van der Waals surface area contributed by atoms with Crippen molar-refractivity contribution in [1.82, 2.24) is 15.0 Å². The molecule has 0 saturated heterocycles. The number of benzene rings is 1. The van der Waals surface area contributed by atoms with E-state index in [1.54, 1.807) is 6.20 Å². The third kappa shape index (κ3) is 4.12. The summed E-state index contributed by atoms with van der Waals surface area (Å²) in [6.45, 7) is 2.26. The van der Waals surface area contributed by atoms with E-state index in [0.717, 1.165) is 96.7 Å². The second-order valence-corrected chi connectivity index (χ2v) is 12.4. The zero-order valence-electron chi connectivity index (χ0n) is 21.4. The number of aromatic nitrogens is 3. The highest BCUT2D eigenvalue weighted by Gasteiger charge is 2.59. The van der Waals surface area contributed by atoms with Crippen LogP contribution in [0.2, 0.25) is 0 Å². The summed E-state index contributed by atoms with van der Waals surface area (Å²) in [5, 5.41) is 6.20. The predicted octanol–water partition coefficient (Wildman–Crippen LogP) is 6.15. The van der Waals surface area contributed by atoms with Gasteiger partial charge in [0.2, 0.25) is 11.8 Å². The number of pyridine rings is 1. The largest absolute Gasteiger partial charge is 0.337 e. The summed E-state index contributed by atoms with van der Waals surface area (Å²) in [6.07, 6.45) is 11.7. The second kappa shape index (κ2) is 8.67. The van der Waals surface area contributed by atoms with Gasteiger partial charge >= 0.3 is 0 Å². The molecule has 5 aliphatic rings. The summed E-state index contributed by atoms with van der Waals surface area (Å²) in [4.78, 5) is 38.5. The number of hydrogen-bond donors (Lipinski definition) is 3. The third-order valence-corrected chi connectivity index (χ3v) is 9.83. The predicted molar refractivity (Wildman–Crippen MR) is 144 cm³/mol. The highest BCUT2D eigenvalue weighted by atomic mass is 16.2. The van der Waals surface area contributed by atoms with E-state index in [4.69, 9.17) is 4.98 Å². The first-order valence-electron chi connectivity index (χ1n) is 14.0. The van der Waals surface area contributed by atoms with Crippen LogP contribution >= 0.6 is 0 Å². The molecule has 192 valence electrons. The van der Waals surface area contributed by atoms with Crippen molar-refractivity contribution >= 4 is 34.4 Å². The smallest absolute Gasteiger partial charge is 0.231 e. The molecule has 2 heterocycles. The van der Waals surface area contributed by atoms with E-state index in [1.165, 1.54) is 12.8 Å². The maximum atomic E-state index is 13.3. The van der Waals surface area contributed by atoms with Crippen molar-refractivity contribution in [1.29, 1.82) is 0 Å². The number of aromatic amines is 1. The molecule has 4 bridgehead atoms. The van der Waals surface area contributed by atoms with Crippen molar-refractivity contribution < 1.29 is 9.59 Å². The van der Waals surface area contributed by atoms with Crippen molar-refractivity contribution in [2.24, 2.45) is 35.0 Å². The summed E-state index contributed by atoms with van der Waals surface area (Å²) < 4.78 is 0. The van der Waals surface area contributed by atoms with Crippen LogP contribution in [0.4, 0.5) is 11.5 Å². The molecule has 7 heteroatoms. The topological polar surface area (TPSA) is 99.8 Å². The van der Waals surface area contributed by atoms with Crippen molar-refractivity contribution in [2.45, 2.75) is 64.7 Å². The average Bonchev–Trinajstić information content (AvgIpc) is 3.52. The van der Waals surface area contributed by atoms with E-state index in [2.05, 4.69) is 27.5 Å². The number of hydrogen-bond acceptors (Lipinski definition) is 4. The van der Waals surface area contributed by atoms with Crippen LogP contribution in [0.1, 0.15) is 64.7 Å². The van der Waals surface area contributed by atoms with Gasteiger partial charge in [-0.05, 0) is 106 Å². The monoisotopic (exact) mass is 497 g/mol. The van der Waals surface area contributed by atoms with Gasteiger partial charge in [0, 0.05) is 23.2 Å². The van der Waals surface area contributed by atoms with E-state index in [1.807, 2.05) is 30.3 Å². The van der Waals surface area contributed by atoms with Crippen LogP contribution in [0.25, 0.3) is 22.4 Å². The Kier molecular flexibility index (Phi) is 5.38. The molecule has 5 saturated carbocycles. The number of amides is 2. The van der Waals surface area contributed by atoms with Crippen molar-refractivity contribution in [3.63, 3.8) is 0 Å². The summed E-state index contributed by atoms with van der Waals surface area (Å²) >= 11 is 0. The molecule has 0 radical (unpaired) electrons. The summed E-state index contributed by atoms with van der Waals surface area (Å²) in [5.74, 6) is 4.68. The van der Waals surface area contributed by atoms with Gasteiger partial charge in [-0.25, -0.2) is 9.97 Å². The molecule has 37 heavy (non-hydrogen) atoms. The van der Waals surface area contributed by atoms with Gasteiger partial charge in [-0.3, -0.25) is 9.59 Å². The van der Waals surface area contributed by atoms with Crippen LogP contribution < -0.4 is 10.6 Å². The molecule has 0 aliphatic heterocycles. The Labute approximate surface area is 217 Å². The molecular weight excluding hydrogens is 462 g/mol. The molecule has 8 rings (SSSR count). The fourth-order valence-corrected chi connectivity index (χ4v) is 7.93. The normalized spacial score (nSPS) is 32.1. The number of nitrogens with one attached hydrogen (secondary N) is 3. The number of rotatable bonds is 5. The highest BCUT2D eigenvalue weighted by molar-refractivity contribution is 5.96. The van der Waals surface area contributed by atoms with E-state index >= 15 is 0 Å². The molecule has 7 nitrogen and oxygen atoms in total. The molecule has 5 aliphatic carbocycles. The summed E-state index contributed by atoms with van der Waals surface area (Å²) in [6, 6.07) is 9.66. The van der Waals surface area contributed by atoms with Gasteiger partial charge in [0.25, 0.3) is 0 Å². The lowest BCUT2D eigenvalue weighted by atomic mass is 9.69. The first-order chi connectivity index (χ1) is 17.9. The Bertz CT molecular complexity index is 1330. The van der Waals surface area contributed by atoms with Crippen LogP contribution in [-0.4, -0.2) is 26.8 Å². The van der Waals surface area contributed by atoms with Gasteiger partial charge in [-0.2, -0.15) is 0 Å². The van der Waals surface area contributed by atoms with Crippen molar-refractivity contribution in [3.05, 3.63) is 36.5 Å². The molecule has 5 fully saturated rings. The van der Waals surface area contributed by atoms with Crippen LogP contribution in [-0.2, 0) is 9.59 Å². The van der Waals surface area contributed by atoms with Gasteiger partial charge in [0.15, 0.2) is 0 Å². The number of nitrogens with zero attached hydrogens (tertiary/aromatic N) is 2. The molecule has 2 unspecified atom stereocenters. The maximum absolute atomic E-state index is 13.3. The fraction of sp³-hybridized carbons (Fsp3) is 0.533. The Morgan fingerprint density at radius 1 is 0.973 bits per heavy atom. The van der Waals surface area contributed by atoms with Gasteiger partial charge in [0.05, 0.1) is 22.6 Å². The van der Waals surface area contributed by atoms with Gasteiger partial charge in [-0.1, -0.05) is 6.92 Å². The minimum atomic E-state index is -0.184. The number of carbonyl (C=O) groups is 2. The van der Waals surface area contributed by atoms with Gasteiger partial charge in [0.1, 0.15) is 11.6 Å². The molecule has 2 amide bonds. The van der Waals surface area contributed by atoms with Crippen LogP contribution in [0.15, 0.2) is 36.5 Å². The lowest BCUT2D eigenvalue weighted by Gasteiger charge is -2.36. The Morgan fingerprint density at radius 2 is 1.70 bits per heavy atom. The van der Waals surface area contributed by atoms with Gasteiger partial charge in [-0.15, -0.1) is 0 Å². The summed E-state index contributed by atoms with van der Waals surface area (Å²) in [5.41, 5.74) is 3.16. The number of anilines is 2. The Morgan fingerprint density at radius 3 is 2.41 bits per heavy atom. The molecule has 2 atom stereocenters. The number of fused-ring (bicyclic) bond motifs is 1. The zero-order chi connectivity index (χ0) is 25.1. The van der Waals surface area contributed by atoms with E-state index in [9.17, 15) is 9.59 Å². The van der Waals surface area contributed by atoms with Crippen LogP contribution in [0.5, 0.6) is 0 Å². The van der Waals surface area contributed by atoms with E-state index in [0.29, 0.717) is 5.82 Å². The van der Waals surface area contributed by atoms with Crippen molar-refractivity contribution in [2.75, 3.05) is 10.6 Å². The Hall–Kier alpha value is -3.22. The zero-order valence-corrected chi connectivity index (χ0v) is 21.4. The second-order valence-electron chi connectivity index (χ2n) is 12.4. The maximum Gasteiger partial charge on any atom is 0.231 e. The Balaban J connectivity index is 1.03. The molecule has 3 N–H and O–H groups in total. The number of H-pyrrole nitrogens is 1. The summed E-state index contributed by atoms with van der Waals surface area (Å²) in [7, 11) is 0. The lowest BCUT2D eigenvalue weighted by Crippen LogP contribution is -2.39. The molecular formula is C30H35N5O2. The first kappa shape index (κ1) is 22.9.